The fraction of sp³-hybridized carbons (Fsp3) is 0.500. The van der Waals surface area contributed by atoms with Crippen LogP contribution < -0.4 is 5.73 Å². The van der Waals surface area contributed by atoms with Gasteiger partial charge in [0.05, 0.1) is 17.1 Å². The summed E-state index contributed by atoms with van der Waals surface area (Å²) in [6.45, 7) is 6.94. The lowest BCUT2D eigenvalue weighted by Crippen LogP contribution is -2.27. The van der Waals surface area contributed by atoms with Crippen molar-refractivity contribution in [2.24, 2.45) is 11.3 Å². The third kappa shape index (κ3) is 2.30. The summed E-state index contributed by atoms with van der Waals surface area (Å²) in [5.41, 5.74) is 10.3. The molecule has 0 spiro atoms. The van der Waals surface area contributed by atoms with Crippen LogP contribution in [0.15, 0.2) is 24.3 Å². The maximum absolute atomic E-state index is 5.74. The number of fused-ring (bicyclic) bond motifs is 1. The standard InChI is InChI=1S/C16H22N4/c1-16(2,3)11-4-9-15-14(10-11)18-19-20(15)13-7-5-12(17)6-8-13/h5-8,11H,4,9-10,17H2,1-3H3. The lowest BCUT2D eigenvalue weighted by molar-refractivity contribution is 0.213. The van der Waals surface area contributed by atoms with Crippen LogP contribution in [0.25, 0.3) is 5.69 Å². The van der Waals surface area contributed by atoms with Crippen molar-refractivity contribution in [3.05, 3.63) is 35.7 Å². The van der Waals surface area contributed by atoms with E-state index >= 15 is 0 Å². The van der Waals surface area contributed by atoms with Crippen LogP contribution in [0, 0.1) is 11.3 Å². The lowest BCUT2D eigenvalue weighted by atomic mass is 9.73. The average Bonchev–Trinajstić information content (AvgIpc) is 2.81. The minimum Gasteiger partial charge on any atom is -0.399 e. The number of benzene rings is 1. The Balaban J connectivity index is 1.92. The summed E-state index contributed by atoms with van der Waals surface area (Å²) in [6, 6.07) is 7.81. The van der Waals surface area contributed by atoms with Gasteiger partial charge in [0.25, 0.3) is 0 Å². The van der Waals surface area contributed by atoms with E-state index in [0.29, 0.717) is 11.3 Å². The van der Waals surface area contributed by atoms with Gasteiger partial charge in [-0.05, 0) is 54.9 Å². The van der Waals surface area contributed by atoms with Crippen molar-refractivity contribution in [3.8, 4) is 5.69 Å². The second kappa shape index (κ2) is 4.62. The van der Waals surface area contributed by atoms with E-state index in [4.69, 9.17) is 5.73 Å². The molecule has 3 rings (SSSR count). The van der Waals surface area contributed by atoms with Crippen LogP contribution in [0.5, 0.6) is 0 Å². The van der Waals surface area contributed by atoms with Crippen molar-refractivity contribution in [2.45, 2.75) is 40.0 Å². The first-order valence-corrected chi connectivity index (χ1v) is 7.24. The van der Waals surface area contributed by atoms with E-state index in [0.717, 1.165) is 29.9 Å². The topological polar surface area (TPSA) is 56.7 Å². The SMILES string of the molecule is CC(C)(C)C1CCc2c(nnn2-c2ccc(N)cc2)C1. The monoisotopic (exact) mass is 270 g/mol. The van der Waals surface area contributed by atoms with E-state index in [2.05, 4.69) is 31.1 Å². The third-order valence-corrected chi connectivity index (χ3v) is 4.38. The van der Waals surface area contributed by atoms with Gasteiger partial charge >= 0.3 is 0 Å². The molecule has 20 heavy (non-hydrogen) atoms. The Morgan fingerprint density at radius 1 is 1.20 bits per heavy atom. The Labute approximate surface area is 120 Å². The molecule has 0 saturated carbocycles. The zero-order valence-electron chi connectivity index (χ0n) is 12.4. The Morgan fingerprint density at radius 2 is 1.90 bits per heavy atom. The normalized spacial score (nSPS) is 18.9. The molecule has 1 aromatic carbocycles. The van der Waals surface area contributed by atoms with Gasteiger partial charge in [-0.25, -0.2) is 4.68 Å². The summed E-state index contributed by atoms with van der Waals surface area (Å²) >= 11 is 0. The maximum Gasteiger partial charge on any atom is 0.0866 e. The van der Waals surface area contributed by atoms with Crippen molar-refractivity contribution >= 4 is 5.69 Å². The van der Waals surface area contributed by atoms with Crippen molar-refractivity contribution in [3.63, 3.8) is 0 Å². The summed E-state index contributed by atoms with van der Waals surface area (Å²) in [7, 11) is 0. The van der Waals surface area contributed by atoms with Crippen molar-refractivity contribution in [2.75, 3.05) is 5.73 Å². The number of aromatic nitrogens is 3. The number of nitrogens with zero attached hydrogens (tertiary/aromatic N) is 3. The Kier molecular flexibility index (Phi) is 3.04. The van der Waals surface area contributed by atoms with Gasteiger partial charge in [0.1, 0.15) is 0 Å². The number of hydrogen-bond acceptors (Lipinski definition) is 3. The Hall–Kier alpha value is -1.84. The quantitative estimate of drug-likeness (QED) is 0.810. The molecule has 4 nitrogen and oxygen atoms in total. The highest BCUT2D eigenvalue weighted by molar-refractivity contribution is 5.45. The number of nitrogens with two attached hydrogens (primary N) is 1. The maximum atomic E-state index is 5.74. The van der Waals surface area contributed by atoms with E-state index in [9.17, 15) is 0 Å². The summed E-state index contributed by atoms with van der Waals surface area (Å²) < 4.78 is 1.97. The largest absolute Gasteiger partial charge is 0.399 e. The first-order valence-electron chi connectivity index (χ1n) is 7.24. The van der Waals surface area contributed by atoms with Gasteiger partial charge in [-0.2, -0.15) is 0 Å². The number of nitrogen functional groups attached to an aromatic ring is 1. The second-order valence-electron chi connectivity index (χ2n) is 6.79. The highest BCUT2D eigenvalue weighted by Gasteiger charge is 2.31. The van der Waals surface area contributed by atoms with Crippen molar-refractivity contribution < 1.29 is 0 Å². The Bertz CT molecular complexity index is 604. The molecule has 0 fully saturated rings. The smallest absolute Gasteiger partial charge is 0.0866 e. The predicted octanol–water partition coefficient (Wildman–Crippen LogP) is 3.00. The highest BCUT2D eigenvalue weighted by Crippen LogP contribution is 2.36. The predicted molar refractivity (Wildman–Crippen MR) is 80.7 cm³/mol. The van der Waals surface area contributed by atoms with E-state index in [1.165, 1.54) is 12.1 Å². The molecule has 0 amide bonds. The second-order valence-corrected chi connectivity index (χ2v) is 6.79. The first-order chi connectivity index (χ1) is 9.45. The van der Waals surface area contributed by atoms with Crippen LogP contribution in [0.1, 0.15) is 38.6 Å². The molecule has 2 N–H and O–H groups in total. The molecule has 106 valence electrons. The zero-order chi connectivity index (χ0) is 14.3. The van der Waals surface area contributed by atoms with Crippen molar-refractivity contribution in [1.82, 2.24) is 15.0 Å². The fourth-order valence-electron chi connectivity index (χ4n) is 2.95. The molecule has 2 aromatic rings. The number of rotatable bonds is 1. The van der Waals surface area contributed by atoms with E-state index in [1.807, 2.05) is 28.9 Å². The lowest BCUT2D eigenvalue weighted by Gasteiger charge is -2.33. The summed E-state index contributed by atoms with van der Waals surface area (Å²) in [5.74, 6) is 0.687. The van der Waals surface area contributed by atoms with Crippen LogP contribution >= 0.6 is 0 Å². The minimum absolute atomic E-state index is 0.336. The van der Waals surface area contributed by atoms with Crippen LogP contribution in [-0.2, 0) is 12.8 Å². The van der Waals surface area contributed by atoms with E-state index in [-0.39, 0.29) is 0 Å². The van der Waals surface area contributed by atoms with E-state index in [1.54, 1.807) is 0 Å². The molecular weight excluding hydrogens is 248 g/mol. The molecule has 1 unspecified atom stereocenters. The summed E-state index contributed by atoms with van der Waals surface area (Å²) in [6.07, 6.45) is 3.29. The Morgan fingerprint density at radius 3 is 2.55 bits per heavy atom. The molecule has 0 bridgehead atoms. The average molecular weight is 270 g/mol. The first kappa shape index (κ1) is 13.2. The van der Waals surface area contributed by atoms with Crippen molar-refractivity contribution in [1.29, 1.82) is 0 Å². The van der Waals surface area contributed by atoms with Gasteiger partial charge in [0, 0.05) is 5.69 Å². The summed E-state index contributed by atoms with van der Waals surface area (Å²) in [4.78, 5) is 0. The molecule has 0 saturated heterocycles. The molecule has 1 aliphatic carbocycles. The van der Waals surface area contributed by atoms with Crippen LogP contribution in [0.4, 0.5) is 5.69 Å². The number of hydrogen-bond donors (Lipinski definition) is 1. The van der Waals surface area contributed by atoms with Crippen LogP contribution in [0.2, 0.25) is 0 Å². The molecular formula is C16H22N4. The van der Waals surface area contributed by atoms with Gasteiger partial charge in [-0.15, -0.1) is 5.10 Å². The highest BCUT2D eigenvalue weighted by atomic mass is 15.4. The molecule has 1 aliphatic rings. The van der Waals surface area contributed by atoms with Gasteiger partial charge in [-0.3, -0.25) is 0 Å². The zero-order valence-corrected chi connectivity index (χ0v) is 12.4. The summed E-state index contributed by atoms with van der Waals surface area (Å²) in [5, 5.41) is 8.74. The molecule has 1 heterocycles. The fourth-order valence-corrected chi connectivity index (χ4v) is 2.95. The van der Waals surface area contributed by atoms with E-state index < -0.39 is 0 Å². The molecule has 4 heteroatoms. The van der Waals surface area contributed by atoms with Crippen LogP contribution in [-0.4, -0.2) is 15.0 Å². The van der Waals surface area contributed by atoms with Gasteiger partial charge < -0.3 is 5.73 Å². The molecule has 1 aromatic heterocycles. The molecule has 1 atom stereocenters. The third-order valence-electron chi connectivity index (χ3n) is 4.38. The van der Waals surface area contributed by atoms with Crippen LogP contribution in [0.3, 0.4) is 0 Å². The number of anilines is 1. The molecule has 0 aliphatic heterocycles. The van der Waals surface area contributed by atoms with Gasteiger partial charge in [0.15, 0.2) is 0 Å². The molecule has 0 radical (unpaired) electrons. The van der Waals surface area contributed by atoms with Gasteiger partial charge in [-0.1, -0.05) is 26.0 Å². The minimum atomic E-state index is 0.336. The van der Waals surface area contributed by atoms with Gasteiger partial charge in [0.2, 0.25) is 0 Å².